The van der Waals surface area contributed by atoms with Crippen LogP contribution in [-0.2, 0) is 6.54 Å². The molecule has 0 amide bonds. The summed E-state index contributed by atoms with van der Waals surface area (Å²) in [6.45, 7) is 6.89. The van der Waals surface area contributed by atoms with Gasteiger partial charge in [0.2, 0.25) is 0 Å². The van der Waals surface area contributed by atoms with Crippen LogP contribution in [0.1, 0.15) is 38.7 Å². The summed E-state index contributed by atoms with van der Waals surface area (Å²) in [7, 11) is 2.22. The molecule has 1 nitrogen and oxygen atoms in total. The van der Waals surface area contributed by atoms with Gasteiger partial charge in [-0.1, -0.05) is 57.0 Å². The minimum Gasteiger partial charge on any atom is -0.302 e. The molecule has 1 atom stereocenters. The van der Waals surface area contributed by atoms with Gasteiger partial charge in [-0.05, 0) is 24.9 Å². The van der Waals surface area contributed by atoms with Crippen molar-refractivity contribution in [2.75, 3.05) is 13.6 Å². The standard InChI is InChI=1S/C15H25N/c1-4-5-9-14(2)12-16(3)13-15-10-7-6-8-11-15/h6-8,10-11,14H,4-5,9,12-13H2,1-3H3/t14-/m0/s1. The van der Waals surface area contributed by atoms with Crippen LogP contribution in [0.5, 0.6) is 0 Å². The van der Waals surface area contributed by atoms with E-state index in [2.05, 4.69) is 56.1 Å². The maximum atomic E-state index is 2.43. The summed E-state index contributed by atoms with van der Waals surface area (Å²) in [5.41, 5.74) is 1.41. The predicted molar refractivity (Wildman–Crippen MR) is 71.5 cm³/mol. The molecule has 0 aliphatic rings. The van der Waals surface area contributed by atoms with Crippen LogP contribution in [0.2, 0.25) is 0 Å². The third-order valence-electron chi connectivity index (χ3n) is 2.97. The first kappa shape index (κ1) is 13.2. The van der Waals surface area contributed by atoms with Gasteiger partial charge in [-0.25, -0.2) is 0 Å². The van der Waals surface area contributed by atoms with E-state index in [9.17, 15) is 0 Å². The Labute approximate surface area is 100 Å². The van der Waals surface area contributed by atoms with Crippen molar-refractivity contribution in [2.24, 2.45) is 5.92 Å². The van der Waals surface area contributed by atoms with Crippen molar-refractivity contribution in [3.05, 3.63) is 35.9 Å². The Hall–Kier alpha value is -0.820. The maximum absolute atomic E-state index is 2.43. The Kier molecular flexibility index (Phi) is 6.17. The number of hydrogen-bond acceptors (Lipinski definition) is 1. The van der Waals surface area contributed by atoms with Crippen LogP contribution in [0, 0.1) is 5.92 Å². The molecule has 0 saturated carbocycles. The molecule has 0 radical (unpaired) electrons. The molecule has 0 N–H and O–H groups in total. The van der Waals surface area contributed by atoms with Crippen LogP contribution in [0.3, 0.4) is 0 Å². The number of hydrogen-bond donors (Lipinski definition) is 0. The summed E-state index contributed by atoms with van der Waals surface area (Å²) < 4.78 is 0. The summed E-state index contributed by atoms with van der Waals surface area (Å²) in [4.78, 5) is 2.43. The molecule has 90 valence electrons. The Morgan fingerprint density at radius 2 is 1.88 bits per heavy atom. The lowest BCUT2D eigenvalue weighted by molar-refractivity contribution is 0.268. The van der Waals surface area contributed by atoms with Crippen LogP contribution in [0.15, 0.2) is 30.3 Å². The number of rotatable bonds is 7. The normalized spacial score (nSPS) is 13.0. The van der Waals surface area contributed by atoms with E-state index in [1.807, 2.05) is 0 Å². The van der Waals surface area contributed by atoms with Crippen LogP contribution >= 0.6 is 0 Å². The van der Waals surface area contributed by atoms with Gasteiger partial charge in [0.1, 0.15) is 0 Å². The highest BCUT2D eigenvalue weighted by molar-refractivity contribution is 5.14. The second-order valence-corrected chi connectivity index (χ2v) is 4.93. The van der Waals surface area contributed by atoms with Gasteiger partial charge in [0, 0.05) is 13.1 Å². The molecule has 0 bridgehead atoms. The molecule has 0 unspecified atom stereocenters. The van der Waals surface area contributed by atoms with Crippen LogP contribution in [-0.4, -0.2) is 18.5 Å². The molecular formula is C15H25N. The zero-order valence-corrected chi connectivity index (χ0v) is 10.9. The quantitative estimate of drug-likeness (QED) is 0.671. The lowest BCUT2D eigenvalue weighted by Gasteiger charge is -2.21. The Morgan fingerprint density at radius 3 is 2.50 bits per heavy atom. The lowest BCUT2D eigenvalue weighted by atomic mass is 10.0. The number of unbranched alkanes of at least 4 members (excludes halogenated alkanes) is 1. The minimum absolute atomic E-state index is 0.814. The van der Waals surface area contributed by atoms with Crippen molar-refractivity contribution in [3.8, 4) is 0 Å². The largest absolute Gasteiger partial charge is 0.302 e. The van der Waals surface area contributed by atoms with Crippen molar-refractivity contribution >= 4 is 0 Å². The van der Waals surface area contributed by atoms with E-state index in [1.165, 1.54) is 31.4 Å². The van der Waals surface area contributed by atoms with Crippen molar-refractivity contribution < 1.29 is 0 Å². The van der Waals surface area contributed by atoms with E-state index in [4.69, 9.17) is 0 Å². The minimum atomic E-state index is 0.814. The van der Waals surface area contributed by atoms with Gasteiger partial charge in [0.25, 0.3) is 0 Å². The van der Waals surface area contributed by atoms with Gasteiger partial charge in [0.05, 0.1) is 0 Å². The fraction of sp³-hybridized carbons (Fsp3) is 0.600. The van der Waals surface area contributed by atoms with Gasteiger partial charge in [-0.2, -0.15) is 0 Å². The first-order valence-electron chi connectivity index (χ1n) is 6.44. The van der Waals surface area contributed by atoms with Crippen LogP contribution < -0.4 is 0 Å². The topological polar surface area (TPSA) is 3.24 Å². The average molecular weight is 219 g/mol. The van der Waals surface area contributed by atoms with Crippen molar-refractivity contribution in [3.63, 3.8) is 0 Å². The molecule has 1 aromatic rings. The number of benzene rings is 1. The molecule has 0 fully saturated rings. The summed E-state index contributed by atoms with van der Waals surface area (Å²) in [6, 6.07) is 10.7. The highest BCUT2D eigenvalue weighted by atomic mass is 15.1. The van der Waals surface area contributed by atoms with Gasteiger partial charge in [-0.15, -0.1) is 0 Å². The number of nitrogens with zero attached hydrogens (tertiary/aromatic N) is 1. The summed E-state index contributed by atoms with van der Waals surface area (Å²) in [5.74, 6) is 0.814. The molecule has 0 saturated heterocycles. The summed E-state index contributed by atoms with van der Waals surface area (Å²) in [5, 5.41) is 0. The SMILES string of the molecule is CCCC[C@H](C)CN(C)Cc1ccccc1. The molecule has 0 aliphatic heterocycles. The monoisotopic (exact) mass is 219 g/mol. The molecule has 0 aromatic heterocycles. The first-order chi connectivity index (χ1) is 7.72. The van der Waals surface area contributed by atoms with E-state index in [0.717, 1.165) is 12.5 Å². The zero-order chi connectivity index (χ0) is 11.8. The highest BCUT2D eigenvalue weighted by Crippen LogP contribution is 2.10. The zero-order valence-electron chi connectivity index (χ0n) is 10.9. The third-order valence-corrected chi connectivity index (χ3v) is 2.97. The Morgan fingerprint density at radius 1 is 1.19 bits per heavy atom. The molecule has 0 aliphatic carbocycles. The van der Waals surface area contributed by atoms with Gasteiger partial charge in [-0.3, -0.25) is 0 Å². The van der Waals surface area contributed by atoms with Gasteiger partial charge >= 0.3 is 0 Å². The highest BCUT2D eigenvalue weighted by Gasteiger charge is 2.06. The maximum Gasteiger partial charge on any atom is 0.0230 e. The average Bonchev–Trinajstić information content (AvgIpc) is 2.27. The van der Waals surface area contributed by atoms with E-state index in [0.29, 0.717) is 0 Å². The van der Waals surface area contributed by atoms with Crippen molar-refractivity contribution in [2.45, 2.75) is 39.7 Å². The van der Waals surface area contributed by atoms with Crippen molar-refractivity contribution in [1.29, 1.82) is 0 Å². The lowest BCUT2D eigenvalue weighted by Crippen LogP contribution is -2.24. The van der Waals surface area contributed by atoms with E-state index >= 15 is 0 Å². The van der Waals surface area contributed by atoms with E-state index in [-0.39, 0.29) is 0 Å². The molecule has 0 spiro atoms. The molecule has 1 heteroatoms. The molecule has 1 rings (SSSR count). The molecular weight excluding hydrogens is 194 g/mol. The van der Waals surface area contributed by atoms with Crippen LogP contribution in [0.25, 0.3) is 0 Å². The molecule has 1 aromatic carbocycles. The smallest absolute Gasteiger partial charge is 0.0230 e. The third kappa shape index (κ3) is 5.32. The van der Waals surface area contributed by atoms with Crippen molar-refractivity contribution in [1.82, 2.24) is 4.90 Å². The molecule has 16 heavy (non-hydrogen) atoms. The fourth-order valence-electron chi connectivity index (χ4n) is 2.14. The summed E-state index contributed by atoms with van der Waals surface area (Å²) >= 11 is 0. The van der Waals surface area contributed by atoms with Crippen LogP contribution in [0.4, 0.5) is 0 Å². The second-order valence-electron chi connectivity index (χ2n) is 4.93. The van der Waals surface area contributed by atoms with Gasteiger partial charge < -0.3 is 4.90 Å². The summed E-state index contributed by atoms with van der Waals surface area (Å²) in [6.07, 6.45) is 4.03. The molecule has 0 heterocycles. The van der Waals surface area contributed by atoms with E-state index < -0.39 is 0 Å². The first-order valence-corrected chi connectivity index (χ1v) is 6.44. The Balaban J connectivity index is 2.27. The second kappa shape index (κ2) is 7.45. The predicted octanol–water partition coefficient (Wildman–Crippen LogP) is 3.94. The fourth-order valence-corrected chi connectivity index (χ4v) is 2.14. The Bertz CT molecular complexity index is 268. The van der Waals surface area contributed by atoms with E-state index in [1.54, 1.807) is 0 Å². The van der Waals surface area contributed by atoms with Gasteiger partial charge in [0.15, 0.2) is 0 Å².